The molecule has 1 unspecified atom stereocenters. The van der Waals surface area contributed by atoms with Crippen LogP contribution in [-0.2, 0) is 0 Å². The molecule has 0 amide bonds. The second-order valence-electron chi connectivity index (χ2n) is 2.97. The molecular weight excluding hydrogens is 136 g/mol. The Balaban J connectivity index is 3.13. The van der Waals surface area contributed by atoms with Gasteiger partial charge in [-0.05, 0) is 20.8 Å². The molecule has 0 bridgehead atoms. The minimum absolute atomic E-state index is 0.255. The van der Waals surface area contributed by atoms with E-state index in [2.05, 4.69) is 10.9 Å². The second kappa shape index (κ2) is 2.85. The predicted octanol–water partition coefficient (Wildman–Crippen LogP) is 2.20. The maximum Gasteiger partial charge on any atom is 0.301 e. The minimum atomic E-state index is 0.255. The van der Waals surface area contributed by atoms with Crippen molar-refractivity contribution in [2.45, 2.75) is 20.8 Å². The molecular formula is C9H12N2. The van der Waals surface area contributed by atoms with Crippen LogP contribution in [0.4, 0.5) is 0 Å². The van der Waals surface area contributed by atoms with Gasteiger partial charge in [0.2, 0.25) is 0 Å². The Morgan fingerprint density at radius 2 is 2.00 bits per heavy atom. The molecule has 11 heavy (non-hydrogen) atoms. The lowest BCUT2D eigenvalue weighted by Crippen LogP contribution is -2.17. The van der Waals surface area contributed by atoms with Crippen molar-refractivity contribution in [3.63, 3.8) is 0 Å². The quantitative estimate of drug-likeness (QED) is 0.373. The monoisotopic (exact) mass is 148 g/mol. The predicted molar refractivity (Wildman–Crippen MR) is 45.3 cm³/mol. The molecule has 1 rings (SSSR count). The Kier molecular flexibility index (Phi) is 2.06. The van der Waals surface area contributed by atoms with Crippen LogP contribution in [0, 0.1) is 5.92 Å². The van der Waals surface area contributed by atoms with E-state index in [0.29, 0.717) is 0 Å². The van der Waals surface area contributed by atoms with Crippen molar-refractivity contribution in [1.29, 1.82) is 0 Å². The summed E-state index contributed by atoms with van der Waals surface area (Å²) >= 11 is 0. The van der Waals surface area contributed by atoms with Crippen molar-refractivity contribution in [2.24, 2.45) is 5.92 Å². The van der Waals surface area contributed by atoms with Crippen LogP contribution in [0.1, 0.15) is 20.8 Å². The minimum Gasteiger partial charge on any atom is -0.361 e. The van der Waals surface area contributed by atoms with Crippen LogP contribution in [-0.4, -0.2) is 10.5 Å². The van der Waals surface area contributed by atoms with E-state index in [1.54, 1.807) is 0 Å². The van der Waals surface area contributed by atoms with Gasteiger partial charge in [-0.2, -0.15) is 4.79 Å². The van der Waals surface area contributed by atoms with Gasteiger partial charge in [0.25, 0.3) is 0 Å². The maximum atomic E-state index is 8.67. The number of rotatable bonds is 0. The third-order valence-electron chi connectivity index (χ3n) is 2.20. The average molecular weight is 148 g/mol. The molecule has 0 aromatic carbocycles. The molecule has 0 radical (unpaired) electrons. The van der Waals surface area contributed by atoms with Gasteiger partial charge in [0, 0.05) is 5.57 Å². The van der Waals surface area contributed by atoms with Crippen molar-refractivity contribution < 1.29 is 4.79 Å². The standard InChI is InChI=1S/C9H12N2/c1-6-4-5-7(2)9(11-10)8(6)3/h4-5,8H,1-3H3. The SMILES string of the molecule is CC1=CC=C(C)C(C)C1=[N+]=[N-]. The van der Waals surface area contributed by atoms with Crippen LogP contribution < -0.4 is 0 Å². The smallest absolute Gasteiger partial charge is 0.301 e. The molecule has 1 aliphatic carbocycles. The third-order valence-corrected chi connectivity index (χ3v) is 2.20. The Morgan fingerprint density at radius 3 is 2.45 bits per heavy atom. The maximum absolute atomic E-state index is 8.67. The van der Waals surface area contributed by atoms with E-state index < -0.39 is 0 Å². The third kappa shape index (κ3) is 1.31. The largest absolute Gasteiger partial charge is 0.361 e. The van der Waals surface area contributed by atoms with Gasteiger partial charge in [-0.3, -0.25) is 0 Å². The van der Waals surface area contributed by atoms with Crippen molar-refractivity contribution >= 4 is 5.71 Å². The van der Waals surface area contributed by atoms with Crippen molar-refractivity contribution in [1.82, 2.24) is 0 Å². The van der Waals surface area contributed by atoms with Gasteiger partial charge in [-0.25, -0.2) is 0 Å². The van der Waals surface area contributed by atoms with Crippen LogP contribution in [0.2, 0.25) is 0 Å². The highest BCUT2D eigenvalue weighted by molar-refractivity contribution is 5.99. The van der Waals surface area contributed by atoms with Crippen LogP contribution >= 0.6 is 0 Å². The molecule has 0 spiro atoms. The normalized spacial score (nSPS) is 23.9. The highest BCUT2D eigenvalue weighted by Gasteiger charge is 2.24. The summed E-state index contributed by atoms with van der Waals surface area (Å²) in [4.78, 5) is 3.27. The molecule has 0 aromatic heterocycles. The number of nitrogens with zero attached hydrogens (tertiary/aromatic N) is 2. The van der Waals surface area contributed by atoms with Crippen LogP contribution in [0.15, 0.2) is 23.3 Å². The van der Waals surface area contributed by atoms with Gasteiger partial charge in [0.15, 0.2) is 0 Å². The van der Waals surface area contributed by atoms with Gasteiger partial charge in [-0.15, -0.1) is 0 Å². The second-order valence-corrected chi connectivity index (χ2v) is 2.97. The zero-order valence-electron chi connectivity index (χ0n) is 7.13. The Hall–Kier alpha value is -1.14. The summed E-state index contributed by atoms with van der Waals surface area (Å²) < 4.78 is 0. The lowest BCUT2D eigenvalue weighted by molar-refractivity contribution is -0.0101. The Labute approximate surface area is 66.9 Å². The molecule has 0 saturated heterocycles. The summed E-state index contributed by atoms with van der Waals surface area (Å²) in [6.45, 7) is 6.03. The fourth-order valence-corrected chi connectivity index (χ4v) is 1.21. The van der Waals surface area contributed by atoms with Crippen LogP contribution in [0.3, 0.4) is 0 Å². The Morgan fingerprint density at radius 1 is 1.36 bits per heavy atom. The van der Waals surface area contributed by atoms with Gasteiger partial charge in [0.05, 0.1) is 5.92 Å². The van der Waals surface area contributed by atoms with Gasteiger partial charge in [0.1, 0.15) is 0 Å². The first-order valence-corrected chi connectivity index (χ1v) is 3.74. The van der Waals surface area contributed by atoms with E-state index in [0.717, 1.165) is 11.3 Å². The van der Waals surface area contributed by atoms with E-state index in [1.807, 2.05) is 26.8 Å². The van der Waals surface area contributed by atoms with Crippen LogP contribution in [0.25, 0.3) is 5.53 Å². The summed E-state index contributed by atoms with van der Waals surface area (Å²) in [6, 6.07) is 0. The lowest BCUT2D eigenvalue weighted by Gasteiger charge is -2.11. The molecule has 0 N–H and O–H groups in total. The van der Waals surface area contributed by atoms with E-state index in [1.165, 1.54) is 5.57 Å². The Bertz CT molecular complexity index is 278. The van der Waals surface area contributed by atoms with Gasteiger partial charge < -0.3 is 5.53 Å². The zero-order chi connectivity index (χ0) is 8.43. The van der Waals surface area contributed by atoms with E-state index in [-0.39, 0.29) is 5.92 Å². The van der Waals surface area contributed by atoms with E-state index >= 15 is 0 Å². The van der Waals surface area contributed by atoms with Crippen molar-refractivity contribution in [3.05, 3.63) is 28.8 Å². The van der Waals surface area contributed by atoms with E-state index in [4.69, 9.17) is 5.53 Å². The van der Waals surface area contributed by atoms with Gasteiger partial charge in [-0.1, -0.05) is 17.7 Å². The molecule has 58 valence electrons. The summed E-state index contributed by atoms with van der Waals surface area (Å²) in [6.07, 6.45) is 4.04. The first-order valence-electron chi connectivity index (χ1n) is 3.74. The first kappa shape index (κ1) is 7.96. The average Bonchev–Trinajstić information content (AvgIpc) is 1.99. The molecule has 1 atom stereocenters. The van der Waals surface area contributed by atoms with Crippen molar-refractivity contribution in [3.8, 4) is 0 Å². The topological polar surface area (TPSA) is 36.4 Å². The molecule has 0 heterocycles. The van der Waals surface area contributed by atoms with Gasteiger partial charge >= 0.3 is 5.71 Å². The fourth-order valence-electron chi connectivity index (χ4n) is 1.21. The van der Waals surface area contributed by atoms with Crippen LogP contribution in [0.5, 0.6) is 0 Å². The lowest BCUT2D eigenvalue weighted by atomic mass is 9.88. The molecule has 1 aliphatic rings. The summed E-state index contributed by atoms with van der Waals surface area (Å²) in [5, 5.41) is 0. The van der Waals surface area contributed by atoms with E-state index in [9.17, 15) is 0 Å². The zero-order valence-corrected chi connectivity index (χ0v) is 7.13. The first-order chi connectivity index (χ1) is 5.16. The number of hydrogen-bond acceptors (Lipinski definition) is 0. The molecule has 0 aliphatic heterocycles. The summed E-state index contributed by atoms with van der Waals surface area (Å²) in [7, 11) is 0. The summed E-state index contributed by atoms with van der Waals surface area (Å²) in [5.74, 6) is 0.255. The highest BCUT2D eigenvalue weighted by atomic mass is 14.9. The molecule has 0 fully saturated rings. The molecule has 2 heteroatoms. The molecule has 0 aromatic rings. The summed E-state index contributed by atoms with van der Waals surface area (Å²) in [5.41, 5.74) is 11.7. The van der Waals surface area contributed by atoms with Crippen molar-refractivity contribution in [2.75, 3.05) is 0 Å². The number of hydrogen-bond donors (Lipinski definition) is 0. The highest BCUT2D eigenvalue weighted by Crippen LogP contribution is 2.20. The molecule has 2 nitrogen and oxygen atoms in total. The fraction of sp³-hybridized carbons (Fsp3) is 0.444. The molecule has 0 saturated carbocycles. The number of allylic oxidation sites excluding steroid dienone is 4.